The quantitative estimate of drug-likeness (QED) is 0.647. The molecule has 0 aliphatic heterocycles. The van der Waals surface area contributed by atoms with E-state index in [0.717, 1.165) is 12.1 Å². The number of ether oxygens (including phenoxy) is 2. The summed E-state index contributed by atoms with van der Waals surface area (Å²) >= 11 is 1.98. The van der Waals surface area contributed by atoms with E-state index in [2.05, 4.69) is 5.32 Å². The number of halogens is 3. The molecule has 5 nitrogen and oxygen atoms in total. The number of aliphatic hydroxyl groups is 1. The maximum atomic E-state index is 13.2. The molecule has 0 spiro atoms. The van der Waals surface area contributed by atoms with Crippen molar-refractivity contribution in [3.8, 4) is 11.5 Å². The number of benzene rings is 2. The van der Waals surface area contributed by atoms with Crippen molar-refractivity contribution in [1.82, 2.24) is 5.32 Å². The number of hydrogen-bond donors (Lipinski definition) is 2. The van der Waals surface area contributed by atoms with Gasteiger partial charge in [0, 0.05) is 10.1 Å². The summed E-state index contributed by atoms with van der Waals surface area (Å²) in [5.41, 5.74) is 0.511. The van der Waals surface area contributed by atoms with Crippen molar-refractivity contribution >= 4 is 28.5 Å². The van der Waals surface area contributed by atoms with Crippen molar-refractivity contribution in [3.63, 3.8) is 0 Å². The van der Waals surface area contributed by atoms with Crippen LogP contribution in [0.4, 0.5) is 8.78 Å². The average molecular weight is 463 g/mol. The molecule has 2 N–H and O–H groups in total. The van der Waals surface area contributed by atoms with Gasteiger partial charge in [-0.25, -0.2) is 8.78 Å². The molecule has 2 rings (SSSR count). The molecule has 2 aromatic carbocycles. The van der Waals surface area contributed by atoms with Crippen LogP contribution in [0.2, 0.25) is 0 Å². The van der Waals surface area contributed by atoms with Crippen molar-refractivity contribution in [1.29, 1.82) is 0 Å². The molecule has 0 heterocycles. The summed E-state index contributed by atoms with van der Waals surface area (Å²) in [6.07, 6.45) is -1.17. The molecule has 134 valence electrons. The zero-order chi connectivity index (χ0) is 18.6. The Bertz CT molecular complexity index is 785. The lowest BCUT2D eigenvalue weighted by molar-refractivity contribution is 0.0915. The van der Waals surface area contributed by atoms with Crippen LogP contribution in [0.1, 0.15) is 22.0 Å². The van der Waals surface area contributed by atoms with Gasteiger partial charge in [-0.05, 0) is 52.4 Å². The molecule has 1 unspecified atom stereocenters. The predicted molar refractivity (Wildman–Crippen MR) is 95.9 cm³/mol. The van der Waals surface area contributed by atoms with Crippen LogP contribution in [0.5, 0.6) is 11.5 Å². The normalized spacial score (nSPS) is 11.8. The molecular formula is C17H16F2INO4. The summed E-state index contributed by atoms with van der Waals surface area (Å²) < 4.78 is 37.1. The Morgan fingerprint density at radius 2 is 1.80 bits per heavy atom. The van der Waals surface area contributed by atoms with E-state index in [1.807, 2.05) is 22.6 Å². The minimum atomic E-state index is -1.17. The highest BCUT2D eigenvalue weighted by Gasteiger charge is 2.17. The highest BCUT2D eigenvalue weighted by atomic mass is 127. The van der Waals surface area contributed by atoms with Crippen LogP contribution < -0.4 is 14.8 Å². The van der Waals surface area contributed by atoms with Crippen LogP contribution in [0.3, 0.4) is 0 Å². The lowest BCUT2D eigenvalue weighted by atomic mass is 10.1. The first kappa shape index (κ1) is 19.4. The fourth-order valence-electron chi connectivity index (χ4n) is 2.15. The highest BCUT2D eigenvalue weighted by Crippen LogP contribution is 2.31. The third kappa shape index (κ3) is 4.57. The van der Waals surface area contributed by atoms with Gasteiger partial charge in [0.1, 0.15) is 0 Å². The van der Waals surface area contributed by atoms with Crippen molar-refractivity contribution < 1.29 is 28.2 Å². The second-order valence-electron chi connectivity index (χ2n) is 5.09. The summed E-state index contributed by atoms with van der Waals surface area (Å²) in [5, 5.41) is 12.6. The van der Waals surface area contributed by atoms with Gasteiger partial charge in [0.2, 0.25) is 0 Å². The topological polar surface area (TPSA) is 67.8 Å². The number of nitrogens with one attached hydrogen (secondary N) is 1. The molecule has 1 amide bonds. The fraction of sp³-hybridized carbons (Fsp3) is 0.235. The van der Waals surface area contributed by atoms with E-state index in [1.165, 1.54) is 26.4 Å². The van der Waals surface area contributed by atoms with Crippen molar-refractivity contribution in [3.05, 3.63) is 56.7 Å². The van der Waals surface area contributed by atoms with Crippen LogP contribution >= 0.6 is 22.6 Å². The molecule has 25 heavy (non-hydrogen) atoms. The molecule has 0 saturated carbocycles. The van der Waals surface area contributed by atoms with Gasteiger partial charge in [0.15, 0.2) is 23.1 Å². The fourth-order valence-corrected chi connectivity index (χ4v) is 2.83. The number of rotatable bonds is 6. The third-order valence-electron chi connectivity index (χ3n) is 3.50. The average Bonchev–Trinajstić information content (AvgIpc) is 2.61. The monoisotopic (exact) mass is 463 g/mol. The lowest BCUT2D eigenvalue weighted by Gasteiger charge is -2.15. The minimum Gasteiger partial charge on any atom is -0.493 e. The Morgan fingerprint density at radius 3 is 2.40 bits per heavy atom. The van der Waals surface area contributed by atoms with Crippen LogP contribution in [-0.2, 0) is 0 Å². The molecule has 0 aromatic heterocycles. The van der Waals surface area contributed by atoms with E-state index in [-0.39, 0.29) is 12.1 Å². The third-order valence-corrected chi connectivity index (χ3v) is 4.39. The Kier molecular flexibility index (Phi) is 6.54. The van der Waals surface area contributed by atoms with E-state index in [1.54, 1.807) is 6.07 Å². The summed E-state index contributed by atoms with van der Waals surface area (Å²) in [6, 6.07) is 6.26. The zero-order valence-electron chi connectivity index (χ0n) is 13.5. The number of carbonyl (C=O) groups is 1. The smallest absolute Gasteiger partial charge is 0.252 e. The van der Waals surface area contributed by atoms with Gasteiger partial charge in [-0.2, -0.15) is 0 Å². The molecule has 8 heteroatoms. The van der Waals surface area contributed by atoms with E-state index in [0.29, 0.717) is 20.6 Å². The van der Waals surface area contributed by atoms with Gasteiger partial charge in [0.05, 0.1) is 25.9 Å². The van der Waals surface area contributed by atoms with Crippen molar-refractivity contribution in [2.45, 2.75) is 6.10 Å². The maximum absolute atomic E-state index is 13.2. The van der Waals surface area contributed by atoms with Gasteiger partial charge >= 0.3 is 0 Å². The molecule has 0 fully saturated rings. The molecule has 0 bridgehead atoms. The van der Waals surface area contributed by atoms with Gasteiger partial charge < -0.3 is 19.9 Å². The summed E-state index contributed by atoms with van der Waals surface area (Å²) in [4.78, 5) is 12.3. The van der Waals surface area contributed by atoms with Gasteiger partial charge in [-0.1, -0.05) is 6.07 Å². The molecule has 0 radical (unpaired) electrons. The largest absolute Gasteiger partial charge is 0.493 e. The SMILES string of the molecule is COc1cc(I)c(C(=O)NCC(O)c2ccc(F)c(F)c2)cc1OC. The number of methoxy groups -OCH3 is 2. The number of amides is 1. The van der Waals surface area contributed by atoms with Crippen LogP contribution in [-0.4, -0.2) is 31.8 Å². The molecule has 0 saturated heterocycles. The Morgan fingerprint density at radius 1 is 1.16 bits per heavy atom. The van der Waals surface area contributed by atoms with Gasteiger partial charge in [-0.15, -0.1) is 0 Å². The minimum absolute atomic E-state index is 0.158. The van der Waals surface area contributed by atoms with Gasteiger partial charge in [-0.3, -0.25) is 4.79 Å². The first-order valence-corrected chi connectivity index (χ1v) is 8.28. The van der Waals surface area contributed by atoms with Crippen molar-refractivity contribution in [2.24, 2.45) is 0 Å². The summed E-state index contributed by atoms with van der Waals surface area (Å²) in [5.74, 6) is -1.61. The molecular weight excluding hydrogens is 447 g/mol. The highest BCUT2D eigenvalue weighted by molar-refractivity contribution is 14.1. The van der Waals surface area contributed by atoms with Crippen LogP contribution in [0.15, 0.2) is 30.3 Å². The Hall–Kier alpha value is -1.94. The van der Waals surface area contributed by atoms with E-state index >= 15 is 0 Å². The maximum Gasteiger partial charge on any atom is 0.252 e. The molecule has 1 atom stereocenters. The van der Waals surface area contributed by atoms with E-state index in [4.69, 9.17) is 9.47 Å². The second-order valence-corrected chi connectivity index (χ2v) is 6.25. The van der Waals surface area contributed by atoms with Crippen molar-refractivity contribution in [2.75, 3.05) is 20.8 Å². The second kappa shape index (κ2) is 8.43. The number of hydrogen-bond acceptors (Lipinski definition) is 4. The standard InChI is InChI=1S/C17H16F2INO4/c1-24-15-6-10(13(20)7-16(15)25-2)17(23)21-8-14(22)9-3-4-11(18)12(19)5-9/h3-7,14,22H,8H2,1-2H3,(H,21,23). The Labute approximate surface area is 157 Å². The lowest BCUT2D eigenvalue weighted by Crippen LogP contribution is -2.29. The number of carbonyl (C=O) groups excluding carboxylic acids is 1. The summed E-state index contributed by atoms with van der Waals surface area (Å²) in [6.45, 7) is -0.158. The predicted octanol–water partition coefficient (Wildman–Crippen LogP) is 3.05. The summed E-state index contributed by atoms with van der Waals surface area (Å²) in [7, 11) is 2.95. The zero-order valence-corrected chi connectivity index (χ0v) is 15.6. The first-order chi connectivity index (χ1) is 11.9. The van der Waals surface area contributed by atoms with E-state index in [9.17, 15) is 18.7 Å². The van der Waals surface area contributed by atoms with Gasteiger partial charge in [0.25, 0.3) is 5.91 Å². The molecule has 0 aliphatic carbocycles. The van der Waals surface area contributed by atoms with E-state index < -0.39 is 23.6 Å². The van der Waals surface area contributed by atoms with Crippen LogP contribution in [0, 0.1) is 15.2 Å². The molecule has 2 aromatic rings. The molecule has 0 aliphatic rings. The first-order valence-electron chi connectivity index (χ1n) is 7.20. The van der Waals surface area contributed by atoms with Crippen LogP contribution in [0.25, 0.3) is 0 Å². The number of aliphatic hydroxyl groups excluding tert-OH is 1. The Balaban J connectivity index is 2.10.